The van der Waals surface area contributed by atoms with Crippen molar-refractivity contribution in [3.63, 3.8) is 0 Å². The van der Waals surface area contributed by atoms with Gasteiger partial charge >= 0.3 is 0 Å². The van der Waals surface area contributed by atoms with Crippen LogP contribution in [0.5, 0.6) is 0 Å². The van der Waals surface area contributed by atoms with Gasteiger partial charge in [-0.3, -0.25) is 9.80 Å². The molecular weight excluding hydrogens is 294 g/mol. The van der Waals surface area contributed by atoms with Gasteiger partial charge in [0.1, 0.15) is 0 Å². The molecule has 0 aliphatic carbocycles. The third-order valence-electron chi connectivity index (χ3n) is 5.65. The van der Waals surface area contributed by atoms with Crippen molar-refractivity contribution in [1.82, 2.24) is 14.7 Å². The zero-order chi connectivity index (χ0) is 14.9. The van der Waals surface area contributed by atoms with Crippen molar-refractivity contribution in [1.29, 1.82) is 0 Å². The van der Waals surface area contributed by atoms with Gasteiger partial charge in [0.15, 0.2) is 0 Å². The monoisotopic (exact) mass is 321 g/mol. The van der Waals surface area contributed by atoms with Gasteiger partial charge in [0.2, 0.25) is 0 Å². The molecule has 0 saturated carbocycles. The second kappa shape index (κ2) is 6.57. The van der Waals surface area contributed by atoms with Crippen molar-refractivity contribution in [3.05, 3.63) is 22.4 Å². The van der Waals surface area contributed by atoms with Gasteiger partial charge in [-0.1, -0.05) is 6.07 Å². The summed E-state index contributed by atoms with van der Waals surface area (Å²) in [5, 5.41) is 2.19. The molecule has 0 aromatic carbocycles. The van der Waals surface area contributed by atoms with Crippen LogP contribution in [0.1, 0.15) is 4.88 Å². The van der Waals surface area contributed by atoms with Crippen LogP contribution in [0.15, 0.2) is 17.5 Å². The summed E-state index contributed by atoms with van der Waals surface area (Å²) in [7, 11) is 2.23. The fourth-order valence-corrected chi connectivity index (χ4v) is 5.09. The highest BCUT2D eigenvalue weighted by Crippen LogP contribution is 2.34. The molecule has 4 rings (SSSR count). The maximum atomic E-state index is 5.98. The van der Waals surface area contributed by atoms with E-state index in [-0.39, 0.29) is 0 Å². The SMILES string of the molecule is CN1CCN([C@@H]2COC[C@H]3CN(Cc4cccs4)C[C@H]32)CC1. The summed E-state index contributed by atoms with van der Waals surface area (Å²) in [4.78, 5) is 9.29. The van der Waals surface area contributed by atoms with Crippen molar-refractivity contribution in [2.45, 2.75) is 12.6 Å². The fourth-order valence-electron chi connectivity index (χ4n) is 4.35. The summed E-state index contributed by atoms with van der Waals surface area (Å²) in [6.07, 6.45) is 0. The molecule has 3 aliphatic rings. The molecule has 3 aliphatic heterocycles. The van der Waals surface area contributed by atoms with Crippen LogP contribution in [0.25, 0.3) is 0 Å². The van der Waals surface area contributed by atoms with Crippen LogP contribution >= 0.6 is 11.3 Å². The predicted octanol–water partition coefficient (Wildman–Crippen LogP) is 1.44. The molecule has 4 nitrogen and oxygen atoms in total. The van der Waals surface area contributed by atoms with Gasteiger partial charge in [0, 0.05) is 62.7 Å². The van der Waals surface area contributed by atoms with Crippen LogP contribution in [-0.2, 0) is 11.3 Å². The first-order chi connectivity index (χ1) is 10.8. The van der Waals surface area contributed by atoms with E-state index >= 15 is 0 Å². The highest BCUT2D eigenvalue weighted by atomic mass is 32.1. The molecule has 3 atom stereocenters. The summed E-state index contributed by atoms with van der Waals surface area (Å²) in [6.45, 7) is 10.3. The summed E-state index contributed by atoms with van der Waals surface area (Å²) >= 11 is 1.88. The van der Waals surface area contributed by atoms with Crippen molar-refractivity contribution >= 4 is 11.3 Å². The molecule has 22 heavy (non-hydrogen) atoms. The number of nitrogens with zero attached hydrogens (tertiary/aromatic N) is 3. The summed E-state index contributed by atoms with van der Waals surface area (Å²) in [5.74, 6) is 1.54. The Morgan fingerprint density at radius 1 is 1.18 bits per heavy atom. The number of hydrogen-bond donors (Lipinski definition) is 0. The first kappa shape index (κ1) is 15.1. The van der Waals surface area contributed by atoms with Crippen LogP contribution < -0.4 is 0 Å². The Morgan fingerprint density at radius 3 is 2.82 bits per heavy atom. The second-order valence-corrected chi connectivity index (χ2v) is 8.17. The van der Waals surface area contributed by atoms with Crippen LogP contribution in [0.4, 0.5) is 0 Å². The predicted molar refractivity (Wildman–Crippen MR) is 90.3 cm³/mol. The highest BCUT2D eigenvalue weighted by molar-refractivity contribution is 7.09. The first-order valence-electron chi connectivity index (χ1n) is 8.54. The molecule has 3 fully saturated rings. The molecule has 0 amide bonds. The van der Waals surface area contributed by atoms with E-state index in [4.69, 9.17) is 4.74 Å². The number of hydrogen-bond acceptors (Lipinski definition) is 5. The van der Waals surface area contributed by atoms with Gasteiger partial charge in [-0.25, -0.2) is 0 Å². The molecule has 3 saturated heterocycles. The van der Waals surface area contributed by atoms with E-state index in [1.54, 1.807) is 0 Å². The first-order valence-corrected chi connectivity index (χ1v) is 9.42. The van der Waals surface area contributed by atoms with Gasteiger partial charge in [-0.15, -0.1) is 11.3 Å². The topological polar surface area (TPSA) is 19.0 Å². The number of ether oxygens (including phenoxy) is 1. The average molecular weight is 321 g/mol. The van der Waals surface area contributed by atoms with Crippen LogP contribution in [0, 0.1) is 11.8 Å². The van der Waals surface area contributed by atoms with Gasteiger partial charge < -0.3 is 9.64 Å². The van der Waals surface area contributed by atoms with Crippen LogP contribution in [0.3, 0.4) is 0 Å². The Hall–Kier alpha value is -0.460. The molecule has 1 aromatic rings. The Labute approximate surface area is 137 Å². The molecule has 0 unspecified atom stereocenters. The lowest BCUT2D eigenvalue weighted by atomic mass is 9.86. The quantitative estimate of drug-likeness (QED) is 0.838. The largest absolute Gasteiger partial charge is 0.379 e. The van der Waals surface area contributed by atoms with E-state index in [0.717, 1.165) is 31.6 Å². The maximum absolute atomic E-state index is 5.98. The minimum absolute atomic E-state index is 0.640. The molecule has 0 radical (unpaired) electrons. The zero-order valence-corrected chi connectivity index (χ0v) is 14.3. The average Bonchev–Trinajstić information content (AvgIpc) is 3.17. The molecule has 0 spiro atoms. The van der Waals surface area contributed by atoms with E-state index in [0.29, 0.717) is 6.04 Å². The Kier molecular flexibility index (Phi) is 4.51. The van der Waals surface area contributed by atoms with Gasteiger partial charge in [0.05, 0.1) is 13.2 Å². The fraction of sp³-hybridized carbons (Fsp3) is 0.765. The summed E-state index contributed by atoms with van der Waals surface area (Å²) in [6, 6.07) is 5.07. The molecule has 5 heteroatoms. The third-order valence-corrected chi connectivity index (χ3v) is 6.51. The minimum Gasteiger partial charge on any atom is -0.379 e. The number of fused-ring (bicyclic) bond motifs is 1. The summed E-state index contributed by atoms with van der Waals surface area (Å²) < 4.78 is 5.98. The zero-order valence-electron chi connectivity index (χ0n) is 13.5. The number of thiophene rings is 1. The van der Waals surface area contributed by atoms with Crippen molar-refractivity contribution in [2.24, 2.45) is 11.8 Å². The van der Waals surface area contributed by atoms with Crippen molar-refractivity contribution in [3.8, 4) is 0 Å². The van der Waals surface area contributed by atoms with Gasteiger partial charge in [-0.2, -0.15) is 0 Å². The number of piperazine rings is 1. The van der Waals surface area contributed by atoms with E-state index in [1.807, 2.05) is 11.3 Å². The molecule has 0 N–H and O–H groups in total. The van der Waals surface area contributed by atoms with E-state index < -0.39 is 0 Å². The lowest BCUT2D eigenvalue weighted by Crippen LogP contribution is -2.56. The molecule has 0 bridgehead atoms. The van der Waals surface area contributed by atoms with E-state index in [1.165, 1.54) is 44.1 Å². The minimum atomic E-state index is 0.640. The Balaban J connectivity index is 1.40. The summed E-state index contributed by atoms with van der Waals surface area (Å²) in [5.41, 5.74) is 0. The van der Waals surface area contributed by atoms with Crippen molar-refractivity contribution in [2.75, 3.05) is 59.5 Å². The maximum Gasteiger partial charge on any atom is 0.0625 e. The van der Waals surface area contributed by atoms with Crippen LogP contribution in [0.2, 0.25) is 0 Å². The van der Waals surface area contributed by atoms with Crippen LogP contribution in [-0.4, -0.2) is 80.3 Å². The number of likely N-dealkylation sites (tertiary alicyclic amines) is 1. The lowest BCUT2D eigenvalue weighted by molar-refractivity contribution is -0.0485. The molecule has 4 heterocycles. The standard InChI is InChI=1S/C17H27N3OS/c1-18-4-6-20(7-5-18)17-13-21-12-14-9-19(11-16(14)17)10-15-3-2-8-22-15/h2-3,8,14,16-17H,4-7,9-13H2,1H3/t14-,16-,17-/m1/s1. The highest BCUT2D eigenvalue weighted by Gasteiger charge is 2.43. The Morgan fingerprint density at radius 2 is 2.05 bits per heavy atom. The van der Waals surface area contributed by atoms with Gasteiger partial charge in [0.25, 0.3) is 0 Å². The molecule has 1 aromatic heterocycles. The smallest absolute Gasteiger partial charge is 0.0625 e. The molecule has 122 valence electrons. The number of rotatable bonds is 3. The number of likely N-dealkylation sites (N-methyl/N-ethyl adjacent to an activating group) is 1. The second-order valence-electron chi connectivity index (χ2n) is 7.14. The normalized spacial score (nSPS) is 34.9. The third kappa shape index (κ3) is 3.10. The van der Waals surface area contributed by atoms with Crippen molar-refractivity contribution < 1.29 is 4.74 Å². The van der Waals surface area contributed by atoms with Gasteiger partial charge in [-0.05, 0) is 24.4 Å². The molecular formula is C17H27N3OS. The lowest BCUT2D eigenvalue weighted by Gasteiger charge is -2.44. The Bertz CT molecular complexity index is 472. The van der Waals surface area contributed by atoms with E-state index in [2.05, 4.69) is 39.3 Å². The van der Waals surface area contributed by atoms with E-state index in [9.17, 15) is 0 Å².